The van der Waals surface area contributed by atoms with Gasteiger partial charge in [-0.25, -0.2) is 0 Å². The average molecular weight is 224 g/mol. The van der Waals surface area contributed by atoms with Crippen molar-refractivity contribution in [2.24, 2.45) is 0 Å². The minimum atomic E-state index is 0.529. The van der Waals surface area contributed by atoms with Gasteiger partial charge in [0, 0.05) is 11.6 Å². The van der Waals surface area contributed by atoms with Crippen molar-refractivity contribution in [3.8, 4) is 0 Å². The molecule has 0 aliphatic carbocycles. The van der Waals surface area contributed by atoms with Crippen LogP contribution in [0.25, 0.3) is 0 Å². The molecule has 0 aliphatic rings. The second kappa shape index (κ2) is 8.71. The zero-order valence-electron chi connectivity index (χ0n) is 10.6. The Hall–Kier alpha value is -1.58. The highest BCUT2D eigenvalue weighted by molar-refractivity contribution is 5.05. The lowest BCUT2D eigenvalue weighted by Gasteiger charge is -1.93. The second-order valence-corrected chi connectivity index (χ2v) is 3.25. The molecular formula is C12H20N2O2. The van der Waals surface area contributed by atoms with Crippen LogP contribution in [0.3, 0.4) is 0 Å². The molecule has 16 heavy (non-hydrogen) atoms. The summed E-state index contributed by atoms with van der Waals surface area (Å²) in [5, 5.41) is 7.11. The van der Waals surface area contributed by atoms with Crippen LogP contribution < -0.4 is 0 Å². The van der Waals surface area contributed by atoms with Gasteiger partial charge in [0.05, 0.1) is 11.9 Å². The topological polar surface area (TPSA) is 52.1 Å². The number of aromatic nitrogens is 2. The van der Waals surface area contributed by atoms with Crippen LogP contribution in [0.2, 0.25) is 0 Å². The van der Waals surface area contributed by atoms with Gasteiger partial charge in [0.25, 0.3) is 0 Å². The molecule has 0 spiro atoms. The Morgan fingerprint density at radius 1 is 1.19 bits per heavy atom. The molecule has 90 valence electrons. The first-order valence-electron chi connectivity index (χ1n) is 5.46. The Morgan fingerprint density at radius 3 is 2.06 bits per heavy atom. The Labute approximate surface area is 96.6 Å². The van der Waals surface area contributed by atoms with Crippen molar-refractivity contribution in [1.82, 2.24) is 10.3 Å². The molecule has 4 nitrogen and oxygen atoms in total. The van der Waals surface area contributed by atoms with Gasteiger partial charge in [-0.2, -0.15) is 0 Å². The van der Waals surface area contributed by atoms with Crippen molar-refractivity contribution >= 4 is 0 Å². The highest BCUT2D eigenvalue weighted by atomic mass is 16.5. The van der Waals surface area contributed by atoms with Crippen LogP contribution in [0.15, 0.2) is 33.8 Å². The largest absolute Gasteiger partial charge is 0.365 e. The summed E-state index contributed by atoms with van der Waals surface area (Å²) in [5.41, 5.74) is 2.08. The van der Waals surface area contributed by atoms with Crippen molar-refractivity contribution < 1.29 is 9.05 Å². The van der Waals surface area contributed by atoms with Gasteiger partial charge in [0.2, 0.25) is 0 Å². The average Bonchev–Trinajstić information content (AvgIpc) is 2.93. The van der Waals surface area contributed by atoms with Crippen molar-refractivity contribution in [3.63, 3.8) is 0 Å². The lowest BCUT2D eigenvalue weighted by Crippen LogP contribution is -1.79. The first-order chi connectivity index (χ1) is 7.70. The van der Waals surface area contributed by atoms with Crippen LogP contribution in [0.4, 0.5) is 0 Å². The Kier molecular flexibility index (Phi) is 7.85. The third kappa shape index (κ3) is 6.01. The Morgan fingerprint density at radius 2 is 1.88 bits per heavy atom. The molecule has 0 unspecified atom stereocenters. The standard InChI is InChI=1S/C6H9NO.C4H5NO.C2H6/c1-5(2)6-3-7-8-4-6;1-4-2-3-6-5-4;1-2/h3-5H,1-2H3;2-3H,1H3;1-2H3. The van der Waals surface area contributed by atoms with E-state index in [1.165, 1.54) is 0 Å². The first kappa shape index (κ1) is 14.4. The minimum absolute atomic E-state index is 0.529. The third-order valence-electron chi connectivity index (χ3n) is 1.68. The molecule has 0 N–H and O–H groups in total. The summed E-state index contributed by atoms with van der Waals surface area (Å²) in [5.74, 6) is 0.529. The van der Waals surface area contributed by atoms with E-state index in [0.29, 0.717) is 5.92 Å². The zero-order chi connectivity index (χ0) is 12.4. The second-order valence-electron chi connectivity index (χ2n) is 3.25. The molecule has 0 aromatic carbocycles. The molecule has 2 aromatic rings. The molecule has 0 aliphatic heterocycles. The highest BCUT2D eigenvalue weighted by Crippen LogP contribution is 2.10. The van der Waals surface area contributed by atoms with Gasteiger partial charge in [0.15, 0.2) is 0 Å². The maximum absolute atomic E-state index is 4.63. The fourth-order valence-electron chi connectivity index (χ4n) is 0.771. The van der Waals surface area contributed by atoms with Gasteiger partial charge in [-0.15, -0.1) is 0 Å². The first-order valence-corrected chi connectivity index (χ1v) is 5.46. The molecule has 2 aromatic heterocycles. The van der Waals surface area contributed by atoms with Crippen LogP contribution in [0, 0.1) is 6.92 Å². The summed E-state index contributed by atoms with van der Waals surface area (Å²) in [4.78, 5) is 0. The lowest BCUT2D eigenvalue weighted by molar-refractivity contribution is 0.415. The van der Waals surface area contributed by atoms with Crippen molar-refractivity contribution in [2.45, 2.75) is 40.5 Å². The summed E-state index contributed by atoms with van der Waals surface area (Å²) >= 11 is 0. The molecule has 0 radical (unpaired) electrons. The van der Waals surface area contributed by atoms with Crippen molar-refractivity contribution in [1.29, 1.82) is 0 Å². The van der Waals surface area contributed by atoms with Crippen LogP contribution in [-0.2, 0) is 0 Å². The number of aryl methyl sites for hydroxylation is 1. The zero-order valence-corrected chi connectivity index (χ0v) is 10.6. The molecule has 0 amide bonds. The molecule has 2 rings (SSSR count). The van der Waals surface area contributed by atoms with Gasteiger partial charge >= 0.3 is 0 Å². The van der Waals surface area contributed by atoms with Crippen molar-refractivity contribution in [2.75, 3.05) is 0 Å². The molecular weight excluding hydrogens is 204 g/mol. The molecule has 0 atom stereocenters. The maximum Gasteiger partial charge on any atom is 0.127 e. The van der Waals surface area contributed by atoms with Crippen LogP contribution in [0.1, 0.15) is 44.9 Å². The lowest BCUT2D eigenvalue weighted by atomic mass is 10.1. The predicted molar refractivity (Wildman–Crippen MR) is 63.2 cm³/mol. The molecule has 4 heteroatoms. The normalized spacial score (nSPS) is 8.88. The third-order valence-corrected chi connectivity index (χ3v) is 1.68. The molecule has 0 saturated carbocycles. The number of nitrogens with zero attached hydrogens (tertiary/aromatic N) is 2. The summed E-state index contributed by atoms with van der Waals surface area (Å²) in [7, 11) is 0. The van der Waals surface area contributed by atoms with E-state index in [4.69, 9.17) is 0 Å². The Balaban J connectivity index is 0.000000251. The monoisotopic (exact) mass is 224 g/mol. The highest BCUT2D eigenvalue weighted by Gasteiger charge is 1.98. The summed E-state index contributed by atoms with van der Waals surface area (Å²) in [6.45, 7) is 10.1. The smallest absolute Gasteiger partial charge is 0.127 e. The summed E-state index contributed by atoms with van der Waals surface area (Å²) < 4.78 is 9.09. The van der Waals surface area contributed by atoms with Gasteiger partial charge in [-0.1, -0.05) is 38.0 Å². The quantitative estimate of drug-likeness (QED) is 0.739. The van der Waals surface area contributed by atoms with E-state index in [1.54, 1.807) is 24.8 Å². The van der Waals surface area contributed by atoms with E-state index >= 15 is 0 Å². The van der Waals surface area contributed by atoms with Gasteiger partial charge in [-0.3, -0.25) is 0 Å². The van der Waals surface area contributed by atoms with E-state index in [0.717, 1.165) is 11.3 Å². The number of rotatable bonds is 1. The van der Waals surface area contributed by atoms with Crippen LogP contribution in [0.5, 0.6) is 0 Å². The van der Waals surface area contributed by atoms with Crippen LogP contribution in [-0.4, -0.2) is 10.3 Å². The number of hydrogen-bond donors (Lipinski definition) is 0. The molecule has 0 saturated heterocycles. The van der Waals surface area contributed by atoms with E-state index < -0.39 is 0 Å². The molecule has 0 fully saturated rings. The predicted octanol–water partition coefficient (Wildman–Crippen LogP) is 3.81. The summed E-state index contributed by atoms with van der Waals surface area (Å²) in [6, 6.07) is 1.81. The minimum Gasteiger partial charge on any atom is -0.365 e. The van der Waals surface area contributed by atoms with Gasteiger partial charge in [0.1, 0.15) is 12.5 Å². The van der Waals surface area contributed by atoms with Gasteiger partial charge < -0.3 is 9.05 Å². The SMILES string of the molecule is CC.CC(C)c1cnoc1.Cc1ccon1. The van der Waals surface area contributed by atoms with E-state index in [9.17, 15) is 0 Å². The van der Waals surface area contributed by atoms with E-state index in [2.05, 4.69) is 33.2 Å². The maximum atomic E-state index is 4.63. The summed E-state index contributed by atoms with van der Waals surface area (Å²) in [6.07, 6.45) is 4.96. The fourth-order valence-corrected chi connectivity index (χ4v) is 0.771. The van der Waals surface area contributed by atoms with Gasteiger partial charge in [-0.05, 0) is 12.8 Å². The van der Waals surface area contributed by atoms with E-state index in [-0.39, 0.29) is 0 Å². The van der Waals surface area contributed by atoms with Crippen LogP contribution >= 0.6 is 0 Å². The molecule has 0 bridgehead atoms. The van der Waals surface area contributed by atoms with E-state index in [1.807, 2.05) is 20.8 Å². The van der Waals surface area contributed by atoms with Crippen molar-refractivity contribution in [3.05, 3.63) is 36.0 Å². The number of hydrogen-bond acceptors (Lipinski definition) is 4. The molecule has 2 heterocycles. The Bertz CT molecular complexity index is 326. The fraction of sp³-hybridized carbons (Fsp3) is 0.500.